The van der Waals surface area contributed by atoms with E-state index in [1.807, 2.05) is 0 Å². The SMILES string of the molecule is O=Cc1ccc(F)c(-c2ccncc2F)c1. The summed E-state index contributed by atoms with van der Waals surface area (Å²) in [6, 6.07) is 5.15. The molecule has 1 aromatic carbocycles. The van der Waals surface area contributed by atoms with Gasteiger partial charge in [-0.25, -0.2) is 8.78 Å². The highest BCUT2D eigenvalue weighted by molar-refractivity contribution is 5.79. The predicted octanol–water partition coefficient (Wildman–Crippen LogP) is 2.84. The smallest absolute Gasteiger partial charge is 0.150 e. The number of aromatic nitrogens is 1. The maximum absolute atomic E-state index is 13.5. The molecular formula is C12H7F2NO. The number of aldehydes is 1. The van der Waals surface area contributed by atoms with Gasteiger partial charge in [0, 0.05) is 22.9 Å². The molecular weight excluding hydrogens is 212 g/mol. The minimum atomic E-state index is -0.621. The van der Waals surface area contributed by atoms with Crippen molar-refractivity contribution in [1.29, 1.82) is 0 Å². The van der Waals surface area contributed by atoms with E-state index in [-0.39, 0.29) is 11.1 Å². The van der Waals surface area contributed by atoms with Crippen molar-refractivity contribution in [2.45, 2.75) is 0 Å². The van der Waals surface area contributed by atoms with E-state index in [9.17, 15) is 13.6 Å². The normalized spacial score (nSPS) is 10.1. The van der Waals surface area contributed by atoms with Crippen LogP contribution in [-0.2, 0) is 0 Å². The summed E-state index contributed by atoms with van der Waals surface area (Å²) in [5.74, 6) is -1.19. The van der Waals surface area contributed by atoms with Crippen molar-refractivity contribution in [2.75, 3.05) is 0 Å². The van der Waals surface area contributed by atoms with Crippen LogP contribution in [0.3, 0.4) is 0 Å². The topological polar surface area (TPSA) is 30.0 Å². The van der Waals surface area contributed by atoms with Gasteiger partial charge >= 0.3 is 0 Å². The Morgan fingerprint density at radius 3 is 2.56 bits per heavy atom. The zero-order valence-electron chi connectivity index (χ0n) is 8.15. The van der Waals surface area contributed by atoms with Crippen molar-refractivity contribution in [3.05, 3.63) is 53.9 Å². The lowest BCUT2D eigenvalue weighted by Crippen LogP contribution is -1.91. The van der Waals surface area contributed by atoms with E-state index in [0.717, 1.165) is 12.3 Å². The summed E-state index contributed by atoms with van der Waals surface area (Å²) >= 11 is 0. The van der Waals surface area contributed by atoms with Gasteiger partial charge in [-0.05, 0) is 24.3 Å². The lowest BCUT2D eigenvalue weighted by Gasteiger charge is -2.04. The lowest BCUT2D eigenvalue weighted by atomic mass is 10.0. The summed E-state index contributed by atoms with van der Waals surface area (Å²) in [5.41, 5.74) is 0.452. The summed E-state index contributed by atoms with van der Waals surface area (Å²) in [5, 5.41) is 0. The van der Waals surface area contributed by atoms with Crippen LogP contribution in [0, 0.1) is 11.6 Å². The Bertz CT molecular complexity index is 540. The van der Waals surface area contributed by atoms with Crippen molar-refractivity contribution in [3.8, 4) is 11.1 Å². The minimum absolute atomic E-state index is 0.0597. The molecule has 0 saturated carbocycles. The highest BCUT2D eigenvalue weighted by Crippen LogP contribution is 2.25. The van der Waals surface area contributed by atoms with Gasteiger partial charge in [-0.2, -0.15) is 0 Å². The summed E-state index contributed by atoms with van der Waals surface area (Å²) in [4.78, 5) is 14.1. The first kappa shape index (κ1) is 10.4. The van der Waals surface area contributed by atoms with Crippen LogP contribution in [0.4, 0.5) is 8.78 Å². The van der Waals surface area contributed by atoms with Gasteiger partial charge < -0.3 is 0 Å². The molecule has 80 valence electrons. The molecule has 0 fully saturated rings. The molecule has 0 aliphatic carbocycles. The van der Waals surface area contributed by atoms with Crippen LogP contribution in [0.1, 0.15) is 10.4 Å². The number of hydrogen-bond acceptors (Lipinski definition) is 2. The average Bonchev–Trinajstić information content (AvgIpc) is 2.31. The van der Waals surface area contributed by atoms with Crippen molar-refractivity contribution in [2.24, 2.45) is 0 Å². The summed E-state index contributed by atoms with van der Waals surface area (Å²) in [7, 11) is 0. The van der Waals surface area contributed by atoms with Crippen molar-refractivity contribution in [3.63, 3.8) is 0 Å². The average molecular weight is 219 g/mol. The van der Waals surface area contributed by atoms with Crippen molar-refractivity contribution in [1.82, 2.24) is 4.98 Å². The van der Waals surface area contributed by atoms with Gasteiger partial charge in [0.1, 0.15) is 17.9 Å². The fraction of sp³-hybridized carbons (Fsp3) is 0. The maximum atomic E-state index is 13.5. The van der Waals surface area contributed by atoms with E-state index in [2.05, 4.69) is 4.98 Å². The highest BCUT2D eigenvalue weighted by Gasteiger charge is 2.10. The Labute approximate surface area is 90.6 Å². The second kappa shape index (κ2) is 4.18. The third-order valence-corrected chi connectivity index (χ3v) is 2.19. The first-order valence-electron chi connectivity index (χ1n) is 4.57. The highest BCUT2D eigenvalue weighted by atomic mass is 19.1. The van der Waals surface area contributed by atoms with Crippen LogP contribution in [0.25, 0.3) is 11.1 Å². The summed E-state index contributed by atoms with van der Waals surface area (Å²) in [6.45, 7) is 0. The first-order chi connectivity index (χ1) is 7.72. The van der Waals surface area contributed by atoms with E-state index in [4.69, 9.17) is 0 Å². The van der Waals surface area contributed by atoms with Gasteiger partial charge in [-0.1, -0.05) is 0 Å². The molecule has 0 unspecified atom stereocenters. The van der Waals surface area contributed by atoms with Crippen molar-refractivity contribution < 1.29 is 13.6 Å². The van der Waals surface area contributed by atoms with Crippen LogP contribution < -0.4 is 0 Å². The number of pyridine rings is 1. The number of carbonyl (C=O) groups excluding carboxylic acids is 1. The molecule has 1 heterocycles. The van der Waals surface area contributed by atoms with Gasteiger partial charge in [0.05, 0.1) is 6.20 Å². The van der Waals surface area contributed by atoms with Gasteiger partial charge in [0.25, 0.3) is 0 Å². The number of carbonyl (C=O) groups is 1. The minimum Gasteiger partial charge on any atom is -0.298 e. The molecule has 0 saturated heterocycles. The fourth-order valence-corrected chi connectivity index (χ4v) is 1.42. The lowest BCUT2D eigenvalue weighted by molar-refractivity contribution is 0.112. The number of hydrogen-bond donors (Lipinski definition) is 0. The third kappa shape index (κ3) is 1.82. The zero-order chi connectivity index (χ0) is 11.5. The Hall–Kier alpha value is -2.10. The number of benzene rings is 1. The zero-order valence-corrected chi connectivity index (χ0v) is 8.15. The molecule has 2 aromatic rings. The Morgan fingerprint density at radius 2 is 1.88 bits per heavy atom. The molecule has 2 rings (SSSR count). The quantitative estimate of drug-likeness (QED) is 0.727. The van der Waals surface area contributed by atoms with Crippen LogP contribution in [0.15, 0.2) is 36.7 Å². The van der Waals surface area contributed by atoms with E-state index in [1.54, 1.807) is 0 Å². The summed E-state index contributed by atoms with van der Waals surface area (Å²) in [6.07, 6.45) is 2.95. The standard InChI is InChI=1S/C12H7F2NO/c13-11-2-1-8(7-16)5-10(11)9-3-4-15-6-12(9)14/h1-7H. The van der Waals surface area contributed by atoms with Crippen LogP contribution >= 0.6 is 0 Å². The molecule has 0 aliphatic heterocycles. The van der Waals surface area contributed by atoms with Gasteiger partial charge in [-0.3, -0.25) is 9.78 Å². The van der Waals surface area contributed by atoms with Crippen molar-refractivity contribution >= 4 is 6.29 Å². The van der Waals surface area contributed by atoms with Gasteiger partial charge in [0.15, 0.2) is 0 Å². The van der Waals surface area contributed by atoms with E-state index < -0.39 is 11.6 Å². The van der Waals surface area contributed by atoms with Gasteiger partial charge in [-0.15, -0.1) is 0 Å². The molecule has 4 heteroatoms. The molecule has 0 atom stereocenters. The molecule has 16 heavy (non-hydrogen) atoms. The van der Waals surface area contributed by atoms with E-state index >= 15 is 0 Å². The van der Waals surface area contributed by atoms with E-state index in [0.29, 0.717) is 11.8 Å². The number of nitrogens with zero attached hydrogens (tertiary/aromatic N) is 1. The predicted molar refractivity (Wildman–Crippen MR) is 55.0 cm³/mol. The largest absolute Gasteiger partial charge is 0.298 e. The molecule has 0 aliphatic rings. The van der Waals surface area contributed by atoms with Gasteiger partial charge in [0.2, 0.25) is 0 Å². The molecule has 0 spiro atoms. The van der Waals surface area contributed by atoms with Crippen LogP contribution in [0.5, 0.6) is 0 Å². The number of rotatable bonds is 2. The Morgan fingerprint density at radius 1 is 1.06 bits per heavy atom. The molecule has 2 nitrogen and oxygen atoms in total. The fourth-order valence-electron chi connectivity index (χ4n) is 1.42. The van der Waals surface area contributed by atoms with E-state index in [1.165, 1.54) is 24.4 Å². The monoisotopic (exact) mass is 219 g/mol. The first-order valence-corrected chi connectivity index (χ1v) is 4.57. The molecule has 1 aromatic heterocycles. The number of halogens is 2. The van der Waals surface area contributed by atoms with Crippen LogP contribution in [-0.4, -0.2) is 11.3 Å². The second-order valence-electron chi connectivity index (χ2n) is 3.21. The Kier molecular flexibility index (Phi) is 2.72. The Balaban J connectivity index is 2.63. The molecule has 0 amide bonds. The molecule has 0 bridgehead atoms. The third-order valence-electron chi connectivity index (χ3n) is 2.19. The summed E-state index contributed by atoms with van der Waals surface area (Å²) < 4.78 is 26.8. The molecule has 0 N–H and O–H groups in total. The molecule has 0 radical (unpaired) electrons. The van der Waals surface area contributed by atoms with Crippen LogP contribution in [0.2, 0.25) is 0 Å². The second-order valence-corrected chi connectivity index (χ2v) is 3.21. The maximum Gasteiger partial charge on any atom is 0.150 e.